The van der Waals surface area contributed by atoms with Crippen LogP contribution in [0, 0.1) is 29.1 Å². The van der Waals surface area contributed by atoms with Crippen LogP contribution in [0.15, 0.2) is 0 Å². The van der Waals surface area contributed by atoms with Crippen LogP contribution in [0.1, 0.15) is 10.9 Å². The van der Waals surface area contributed by atoms with E-state index in [9.17, 15) is 26.7 Å². The molecule has 0 aromatic heterocycles. The van der Waals surface area contributed by atoms with E-state index in [2.05, 4.69) is 5.32 Å². The third-order valence-electron chi connectivity index (χ3n) is 2.59. The van der Waals surface area contributed by atoms with Crippen molar-refractivity contribution in [3.8, 4) is 0 Å². The van der Waals surface area contributed by atoms with Crippen molar-refractivity contribution in [2.24, 2.45) is 0 Å². The summed E-state index contributed by atoms with van der Waals surface area (Å²) in [5.74, 6) is -11.5. The van der Waals surface area contributed by atoms with Crippen LogP contribution in [0.4, 0.5) is 22.0 Å². The van der Waals surface area contributed by atoms with Crippen molar-refractivity contribution in [2.75, 3.05) is 5.75 Å². The Balaban J connectivity index is 2.44. The molecule has 1 aliphatic rings. The average molecular weight is 299 g/mol. The van der Waals surface area contributed by atoms with E-state index in [1.165, 1.54) is 0 Å². The van der Waals surface area contributed by atoms with Gasteiger partial charge in [0.15, 0.2) is 23.3 Å². The zero-order valence-electron chi connectivity index (χ0n) is 9.02. The van der Waals surface area contributed by atoms with Gasteiger partial charge in [-0.15, -0.1) is 11.8 Å². The third-order valence-corrected chi connectivity index (χ3v) is 3.82. The first-order valence-corrected chi connectivity index (χ1v) is 6.01. The van der Waals surface area contributed by atoms with Crippen LogP contribution in [0.25, 0.3) is 0 Å². The third kappa shape index (κ3) is 2.27. The van der Waals surface area contributed by atoms with E-state index in [-0.39, 0.29) is 5.75 Å². The van der Waals surface area contributed by atoms with Crippen molar-refractivity contribution in [1.29, 1.82) is 0 Å². The van der Waals surface area contributed by atoms with Gasteiger partial charge in [0.25, 0.3) is 0 Å². The Morgan fingerprint density at radius 1 is 1.05 bits per heavy atom. The van der Waals surface area contributed by atoms with E-state index in [0.717, 1.165) is 11.8 Å². The van der Waals surface area contributed by atoms with Gasteiger partial charge in [0, 0.05) is 5.75 Å². The van der Waals surface area contributed by atoms with E-state index in [0.29, 0.717) is 0 Å². The summed E-state index contributed by atoms with van der Waals surface area (Å²) in [6.45, 7) is 0. The Labute approximate surface area is 107 Å². The predicted molar refractivity (Wildman–Crippen MR) is 56.0 cm³/mol. The average Bonchev–Trinajstić information content (AvgIpc) is 2.84. The summed E-state index contributed by atoms with van der Waals surface area (Å²) in [6, 6.07) is -1.11. The molecule has 1 aliphatic heterocycles. The summed E-state index contributed by atoms with van der Waals surface area (Å²) in [7, 11) is 0. The summed E-state index contributed by atoms with van der Waals surface area (Å²) in [4.78, 5) is 10.7. The number of aliphatic carboxylic acids is 1. The Bertz CT molecular complexity index is 524. The van der Waals surface area contributed by atoms with Gasteiger partial charge in [-0.2, -0.15) is 0 Å². The van der Waals surface area contributed by atoms with Crippen molar-refractivity contribution in [3.05, 3.63) is 34.6 Å². The van der Waals surface area contributed by atoms with Crippen molar-refractivity contribution in [2.45, 2.75) is 11.4 Å². The molecule has 1 heterocycles. The number of hydrogen-bond donors (Lipinski definition) is 2. The molecule has 1 saturated heterocycles. The van der Waals surface area contributed by atoms with Gasteiger partial charge >= 0.3 is 5.97 Å². The second-order valence-electron chi connectivity index (χ2n) is 3.75. The minimum Gasteiger partial charge on any atom is -0.480 e. The minimum absolute atomic E-state index is 0.0422. The SMILES string of the molecule is O=C(O)[C@H]1CS[C@H](c2c(F)c(F)c(F)c(F)c2F)N1. The molecule has 2 atom stereocenters. The molecule has 0 spiro atoms. The van der Waals surface area contributed by atoms with Gasteiger partial charge in [-0.1, -0.05) is 0 Å². The first-order valence-electron chi connectivity index (χ1n) is 4.96. The van der Waals surface area contributed by atoms with Crippen molar-refractivity contribution < 1.29 is 31.9 Å². The molecule has 0 unspecified atom stereocenters. The number of benzene rings is 1. The topological polar surface area (TPSA) is 49.3 Å². The lowest BCUT2D eigenvalue weighted by Crippen LogP contribution is -2.34. The number of thioether (sulfide) groups is 1. The molecule has 104 valence electrons. The molecule has 0 saturated carbocycles. The standard InChI is InChI=1S/C10H6F5NO2S/c11-4-3(5(12)7(14)8(15)6(4)13)9-16-2(1-19-9)10(17)18/h2,9,16H,1H2,(H,17,18)/t2-,9-/m1/s1. The predicted octanol–water partition coefficient (Wildman–Crippen LogP) is 2.17. The van der Waals surface area contributed by atoms with E-state index in [1.54, 1.807) is 0 Å². The molecule has 2 N–H and O–H groups in total. The Hall–Kier alpha value is -1.35. The highest BCUT2D eigenvalue weighted by atomic mass is 32.2. The molecule has 3 nitrogen and oxygen atoms in total. The highest BCUT2D eigenvalue weighted by Crippen LogP contribution is 2.37. The van der Waals surface area contributed by atoms with Gasteiger partial charge in [0.2, 0.25) is 5.82 Å². The van der Waals surface area contributed by atoms with Crippen LogP contribution in [0.3, 0.4) is 0 Å². The molecule has 0 radical (unpaired) electrons. The fourth-order valence-corrected chi connectivity index (χ4v) is 2.89. The lowest BCUT2D eigenvalue weighted by molar-refractivity contribution is -0.138. The number of carboxylic acid groups (broad SMARTS) is 1. The minimum atomic E-state index is -2.24. The van der Waals surface area contributed by atoms with Gasteiger partial charge in [-0.05, 0) is 0 Å². The molecule has 9 heteroatoms. The Morgan fingerprint density at radius 3 is 1.95 bits per heavy atom. The highest BCUT2D eigenvalue weighted by molar-refractivity contribution is 7.99. The molecule has 1 aromatic carbocycles. The van der Waals surface area contributed by atoms with Crippen LogP contribution < -0.4 is 5.32 Å². The van der Waals surface area contributed by atoms with Gasteiger partial charge in [-0.3, -0.25) is 10.1 Å². The summed E-state index contributed by atoms with van der Waals surface area (Å²) in [6.07, 6.45) is 0. The largest absolute Gasteiger partial charge is 0.480 e. The van der Waals surface area contributed by atoms with Crippen LogP contribution in [-0.4, -0.2) is 22.9 Å². The summed E-state index contributed by atoms with van der Waals surface area (Å²) in [5.41, 5.74) is -1.05. The number of hydrogen-bond acceptors (Lipinski definition) is 3. The smallest absolute Gasteiger partial charge is 0.321 e. The number of carbonyl (C=O) groups is 1. The number of rotatable bonds is 2. The zero-order valence-corrected chi connectivity index (χ0v) is 9.83. The normalized spacial score (nSPS) is 22.8. The van der Waals surface area contributed by atoms with Crippen molar-refractivity contribution >= 4 is 17.7 Å². The summed E-state index contributed by atoms with van der Waals surface area (Å²) in [5, 5.41) is 9.69. The number of nitrogens with one attached hydrogen (secondary N) is 1. The molecule has 0 aliphatic carbocycles. The molecule has 2 rings (SSSR count). The molecular weight excluding hydrogens is 293 g/mol. The van der Waals surface area contributed by atoms with Crippen LogP contribution in [0.2, 0.25) is 0 Å². The quantitative estimate of drug-likeness (QED) is 0.499. The molecule has 1 fully saturated rings. The van der Waals surface area contributed by atoms with Gasteiger partial charge < -0.3 is 5.11 Å². The van der Waals surface area contributed by atoms with Crippen LogP contribution in [-0.2, 0) is 4.79 Å². The Morgan fingerprint density at radius 2 is 1.53 bits per heavy atom. The summed E-state index contributed by atoms with van der Waals surface area (Å²) < 4.78 is 65.8. The van der Waals surface area contributed by atoms with Crippen LogP contribution in [0.5, 0.6) is 0 Å². The molecule has 1 aromatic rings. The maximum absolute atomic E-state index is 13.5. The number of carboxylic acids is 1. The maximum atomic E-state index is 13.5. The van der Waals surface area contributed by atoms with Gasteiger partial charge in [0.05, 0.1) is 10.9 Å². The van der Waals surface area contributed by atoms with Crippen molar-refractivity contribution in [3.63, 3.8) is 0 Å². The first kappa shape index (κ1) is 14.1. The lowest BCUT2D eigenvalue weighted by atomic mass is 10.1. The van der Waals surface area contributed by atoms with E-state index < -0.39 is 52.0 Å². The fraction of sp³-hybridized carbons (Fsp3) is 0.300. The lowest BCUT2D eigenvalue weighted by Gasteiger charge is -2.14. The van der Waals surface area contributed by atoms with Crippen molar-refractivity contribution in [1.82, 2.24) is 5.32 Å². The highest BCUT2D eigenvalue weighted by Gasteiger charge is 2.37. The van der Waals surface area contributed by atoms with E-state index in [1.807, 2.05) is 0 Å². The molecule has 19 heavy (non-hydrogen) atoms. The number of halogens is 5. The zero-order chi connectivity index (χ0) is 14.3. The second-order valence-corrected chi connectivity index (χ2v) is 4.89. The second kappa shape index (κ2) is 4.97. The first-order chi connectivity index (χ1) is 8.84. The van der Waals surface area contributed by atoms with Crippen LogP contribution >= 0.6 is 11.8 Å². The van der Waals surface area contributed by atoms with Gasteiger partial charge in [-0.25, -0.2) is 22.0 Å². The monoisotopic (exact) mass is 299 g/mol. The maximum Gasteiger partial charge on any atom is 0.321 e. The summed E-state index contributed by atoms with van der Waals surface area (Å²) >= 11 is 0.756. The molecule has 0 amide bonds. The van der Waals surface area contributed by atoms with E-state index >= 15 is 0 Å². The van der Waals surface area contributed by atoms with Gasteiger partial charge in [0.1, 0.15) is 6.04 Å². The van der Waals surface area contributed by atoms with E-state index in [4.69, 9.17) is 5.11 Å². The fourth-order valence-electron chi connectivity index (χ4n) is 1.63. The Kier molecular flexibility index (Phi) is 3.68. The molecule has 0 bridgehead atoms. The molecular formula is C10H6F5NO2S.